The third-order valence-electron chi connectivity index (χ3n) is 5.11. The standard InChI is InChI=1S/C21H19Cl2N3O4/c22-13-8-14(23)10-15(9-13)24-21(29)17-5-3-7-25(17)19(27)11-26-16-4-1-2-6-18(16)30-12-20(26)28/h1-2,4,6,8-10,17H,3,5,7,11-12H2,(H,24,29). The minimum atomic E-state index is -0.623. The average Bonchev–Trinajstić information content (AvgIpc) is 3.19. The lowest BCUT2D eigenvalue weighted by Crippen LogP contribution is -2.50. The Kier molecular flexibility index (Phi) is 5.83. The van der Waals surface area contributed by atoms with Gasteiger partial charge in [0.2, 0.25) is 11.8 Å². The maximum Gasteiger partial charge on any atom is 0.265 e. The van der Waals surface area contributed by atoms with E-state index in [0.717, 1.165) is 0 Å². The van der Waals surface area contributed by atoms with Crippen molar-refractivity contribution < 1.29 is 19.1 Å². The van der Waals surface area contributed by atoms with E-state index in [-0.39, 0.29) is 30.9 Å². The first-order valence-electron chi connectivity index (χ1n) is 9.51. The lowest BCUT2D eigenvalue weighted by Gasteiger charge is -2.31. The van der Waals surface area contributed by atoms with E-state index in [4.69, 9.17) is 27.9 Å². The number of carbonyl (C=O) groups excluding carboxylic acids is 3. The minimum Gasteiger partial charge on any atom is -0.482 e. The van der Waals surface area contributed by atoms with E-state index >= 15 is 0 Å². The van der Waals surface area contributed by atoms with Crippen LogP contribution in [0.15, 0.2) is 42.5 Å². The summed E-state index contributed by atoms with van der Waals surface area (Å²) in [5, 5.41) is 3.58. The van der Waals surface area contributed by atoms with Crippen LogP contribution in [0.25, 0.3) is 0 Å². The maximum atomic E-state index is 13.0. The van der Waals surface area contributed by atoms with Gasteiger partial charge in [0.05, 0.1) is 5.69 Å². The first-order valence-corrected chi connectivity index (χ1v) is 10.3. The van der Waals surface area contributed by atoms with Crippen molar-refractivity contribution in [2.45, 2.75) is 18.9 Å². The van der Waals surface area contributed by atoms with Gasteiger partial charge in [-0.15, -0.1) is 0 Å². The van der Waals surface area contributed by atoms with Crippen LogP contribution in [0.1, 0.15) is 12.8 Å². The number of ether oxygens (including phenoxy) is 1. The second-order valence-corrected chi connectivity index (χ2v) is 8.00. The molecule has 0 aromatic heterocycles. The fraction of sp³-hybridized carbons (Fsp3) is 0.286. The van der Waals surface area contributed by atoms with Crippen molar-refractivity contribution in [1.29, 1.82) is 0 Å². The summed E-state index contributed by atoms with van der Waals surface area (Å²) in [6.07, 6.45) is 1.24. The normalized spacial score (nSPS) is 18.1. The van der Waals surface area contributed by atoms with E-state index in [2.05, 4.69) is 5.32 Å². The Hall–Kier alpha value is -2.77. The Bertz CT molecular complexity index is 993. The largest absolute Gasteiger partial charge is 0.482 e. The van der Waals surface area contributed by atoms with Gasteiger partial charge in [0.25, 0.3) is 5.91 Å². The number of nitrogens with one attached hydrogen (secondary N) is 1. The molecule has 9 heteroatoms. The van der Waals surface area contributed by atoms with E-state index in [9.17, 15) is 14.4 Å². The molecular weight excluding hydrogens is 429 g/mol. The zero-order chi connectivity index (χ0) is 21.3. The molecule has 2 aliphatic heterocycles. The number of hydrogen-bond acceptors (Lipinski definition) is 4. The van der Waals surface area contributed by atoms with Crippen molar-refractivity contribution in [3.8, 4) is 5.75 Å². The van der Waals surface area contributed by atoms with Crippen LogP contribution in [0.3, 0.4) is 0 Å². The highest BCUT2D eigenvalue weighted by Crippen LogP contribution is 2.32. The van der Waals surface area contributed by atoms with Crippen molar-refractivity contribution in [2.75, 3.05) is 29.9 Å². The number of anilines is 2. The van der Waals surface area contributed by atoms with Crippen molar-refractivity contribution in [2.24, 2.45) is 0 Å². The molecule has 1 saturated heterocycles. The van der Waals surface area contributed by atoms with Crippen molar-refractivity contribution in [1.82, 2.24) is 4.90 Å². The third-order valence-corrected chi connectivity index (χ3v) is 5.54. The SMILES string of the molecule is O=C(Nc1cc(Cl)cc(Cl)c1)C1CCCN1C(=O)CN1C(=O)COc2ccccc21. The molecule has 1 fully saturated rings. The summed E-state index contributed by atoms with van der Waals surface area (Å²) in [6.45, 7) is 0.184. The number of para-hydroxylation sites is 2. The summed E-state index contributed by atoms with van der Waals surface area (Å²) in [5.41, 5.74) is 1.02. The molecule has 4 rings (SSSR count). The molecule has 2 aromatic rings. The molecular formula is C21H19Cl2N3O4. The summed E-state index contributed by atoms with van der Waals surface area (Å²) >= 11 is 12.0. The van der Waals surface area contributed by atoms with Crippen LogP contribution in [-0.2, 0) is 14.4 Å². The predicted octanol–water partition coefficient (Wildman–Crippen LogP) is 3.35. The van der Waals surface area contributed by atoms with Crippen LogP contribution in [-0.4, -0.2) is 48.4 Å². The zero-order valence-corrected chi connectivity index (χ0v) is 17.4. The van der Waals surface area contributed by atoms with Gasteiger partial charge in [0.15, 0.2) is 6.61 Å². The van der Waals surface area contributed by atoms with Gasteiger partial charge in [-0.05, 0) is 43.2 Å². The Morgan fingerprint density at radius 3 is 2.63 bits per heavy atom. The van der Waals surface area contributed by atoms with Crippen molar-refractivity contribution >= 4 is 52.3 Å². The lowest BCUT2D eigenvalue weighted by molar-refractivity contribution is -0.136. The second-order valence-electron chi connectivity index (χ2n) is 7.13. The molecule has 2 aliphatic rings. The van der Waals surface area contributed by atoms with Gasteiger partial charge in [-0.2, -0.15) is 0 Å². The Morgan fingerprint density at radius 1 is 1.13 bits per heavy atom. The van der Waals surface area contributed by atoms with Crippen LogP contribution in [0.2, 0.25) is 10.0 Å². The molecule has 156 valence electrons. The fourth-order valence-electron chi connectivity index (χ4n) is 3.74. The quantitative estimate of drug-likeness (QED) is 0.779. The predicted molar refractivity (Wildman–Crippen MR) is 114 cm³/mol. The summed E-state index contributed by atoms with van der Waals surface area (Å²) in [4.78, 5) is 41.1. The van der Waals surface area contributed by atoms with E-state index < -0.39 is 6.04 Å². The summed E-state index contributed by atoms with van der Waals surface area (Å²) < 4.78 is 5.42. The molecule has 2 aromatic carbocycles. The Labute approximate surface area is 183 Å². The van der Waals surface area contributed by atoms with Gasteiger partial charge in [0.1, 0.15) is 18.3 Å². The molecule has 0 bridgehead atoms. The fourth-order valence-corrected chi connectivity index (χ4v) is 4.27. The molecule has 0 spiro atoms. The molecule has 0 aliphatic carbocycles. The van der Waals surface area contributed by atoms with Gasteiger partial charge >= 0.3 is 0 Å². The van der Waals surface area contributed by atoms with E-state index in [1.54, 1.807) is 42.5 Å². The smallest absolute Gasteiger partial charge is 0.265 e. The van der Waals surface area contributed by atoms with Gasteiger partial charge in [-0.25, -0.2) is 0 Å². The number of fused-ring (bicyclic) bond motifs is 1. The number of nitrogens with zero attached hydrogens (tertiary/aromatic N) is 2. The summed E-state index contributed by atoms with van der Waals surface area (Å²) in [5.74, 6) is -0.344. The number of likely N-dealkylation sites (tertiary alicyclic amines) is 1. The minimum absolute atomic E-state index is 0.121. The highest BCUT2D eigenvalue weighted by molar-refractivity contribution is 6.35. The highest BCUT2D eigenvalue weighted by Gasteiger charge is 2.36. The Morgan fingerprint density at radius 2 is 1.87 bits per heavy atom. The molecule has 3 amide bonds. The third kappa shape index (κ3) is 4.22. The van der Waals surface area contributed by atoms with Gasteiger partial charge < -0.3 is 15.0 Å². The van der Waals surface area contributed by atoms with Crippen molar-refractivity contribution in [3.05, 3.63) is 52.5 Å². The van der Waals surface area contributed by atoms with Crippen LogP contribution < -0.4 is 15.0 Å². The highest BCUT2D eigenvalue weighted by atomic mass is 35.5. The molecule has 1 atom stereocenters. The molecule has 7 nitrogen and oxygen atoms in total. The molecule has 1 N–H and O–H groups in total. The Balaban J connectivity index is 1.47. The lowest BCUT2D eigenvalue weighted by atomic mass is 10.2. The van der Waals surface area contributed by atoms with Gasteiger partial charge in [-0.1, -0.05) is 35.3 Å². The number of carbonyl (C=O) groups is 3. The molecule has 2 heterocycles. The van der Waals surface area contributed by atoms with E-state index in [1.165, 1.54) is 9.80 Å². The molecule has 1 unspecified atom stereocenters. The number of hydrogen-bond donors (Lipinski definition) is 1. The molecule has 0 saturated carbocycles. The first kappa shape index (κ1) is 20.5. The second kappa shape index (κ2) is 8.53. The van der Waals surface area contributed by atoms with Crippen LogP contribution in [0.5, 0.6) is 5.75 Å². The summed E-state index contributed by atoms with van der Waals surface area (Å²) in [6, 6.07) is 11.2. The van der Waals surface area contributed by atoms with Crippen LogP contribution in [0.4, 0.5) is 11.4 Å². The van der Waals surface area contributed by atoms with E-state index in [0.29, 0.717) is 46.6 Å². The zero-order valence-electron chi connectivity index (χ0n) is 15.9. The number of halogens is 2. The van der Waals surface area contributed by atoms with Crippen LogP contribution in [0, 0.1) is 0 Å². The topological polar surface area (TPSA) is 79.0 Å². The first-order chi connectivity index (χ1) is 14.4. The average molecular weight is 448 g/mol. The monoisotopic (exact) mass is 447 g/mol. The maximum absolute atomic E-state index is 13.0. The molecule has 0 radical (unpaired) electrons. The van der Waals surface area contributed by atoms with Crippen molar-refractivity contribution in [3.63, 3.8) is 0 Å². The number of amides is 3. The van der Waals surface area contributed by atoms with Crippen LogP contribution >= 0.6 is 23.2 Å². The van der Waals surface area contributed by atoms with Gasteiger partial charge in [0, 0.05) is 22.3 Å². The number of benzene rings is 2. The molecule has 30 heavy (non-hydrogen) atoms. The summed E-state index contributed by atoms with van der Waals surface area (Å²) in [7, 11) is 0. The number of rotatable bonds is 4. The van der Waals surface area contributed by atoms with Gasteiger partial charge in [-0.3, -0.25) is 19.3 Å². The van der Waals surface area contributed by atoms with E-state index in [1.807, 2.05) is 0 Å².